The number of fused-ring (bicyclic) bond motifs is 1. The average molecular weight is 283 g/mol. The van der Waals surface area contributed by atoms with E-state index in [4.69, 9.17) is 27.8 Å². The highest BCUT2D eigenvalue weighted by Gasteiger charge is 2.42. The van der Waals surface area contributed by atoms with Crippen LogP contribution in [0.15, 0.2) is 12.7 Å². The monoisotopic (exact) mass is 283 g/mol. The van der Waals surface area contributed by atoms with Gasteiger partial charge in [-0.2, -0.15) is 0 Å². The molecule has 1 fully saturated rings. The number of aliphatic hydroxyl groups is 2. The van der Waals surface area contributed by atoms with Gasteiger partial charge in [-0.15, -0.1) is 0 Å². The van der Waals surface area contributed by atoms with E-state index in [2.05, 4.69) is 15.0 Å². The summed E-state index contributed by atoms with van der Waals surface area (Å²) in [6.45, 7) is -0.251. The Morgan fingerprint density at radius 1 is 1.53 bits per heavy atom. The summed E-state index contributed by atoms with van der Waals surface area (Å²) in [5, 5.41) is 19.2. The number of nitrogens with one attached hydrogen (secondary N) is 1. The summed E-state index contributed by atoms with van der Waals surface area (Å²) in [5.74, 6) is 0. The van der Waals surface area contributed by atoms with Crippen LogP contribution >= 0.6 is 12.2 Å². The lowest BCUT2D eigenvalue weighted by Crippen LogP contribution is -2.41. The van der Waals surface area contributed by atoms with E-state index in [9.17, 15) is 5.11 Å². The second-order valence-corrected chi connectivity index (χ2v) is 4.76. The molecule has 1 saturated heterocycles. The molecule has 4 atom stereocenters. The van der Waals surface area contributed by atoms with Crippen LogP contribution in [0.1, 0.15) is 6.23 Å². The molecule has 2 aromatic rings. The molecule has 0 spiro atoms. The molecule has 1 aliphatic rings. The number of nitrogens with two attached hydrogens (primary N) is 1. The minimum atomic E-state index is -0.940. The molecule has 0 bridgehead atoms. The summed E-state index contributed by atoms with van der Waals surface area (Å²) in [6, 6.07) is -0.655. The van der Waals surface area contributed by atoms with Gasteiger partial charge in [-0.3, -0.25) is 4.57 Å². The molecule has 1 aliphatic heterocycles. The van der Waals surface area contributed by atoms with Crippen LogP contribution in [0.3, 0.4) is 0 Å². The van der Waals surface area contributed by atoms with E-state index in [1.807, 2.05) is 0 Å². The number of rotatable bonds is 2. The van der Waals surface area contributed by atoms with E-state index in [1.54, 1.807) is 4.57 Å². The fourth-order valence-corrected chi connectivity index (χ4v) is 2.42. The largest absolute Gasteiger partial charge is 0.394 e. The van der Waals surface area contributed by atoms with E-state index >= 15 is 0 Å². The third-order valence-electron chi connectivity index (χ3n) is 3.26. The van der Waals surface area contributed by atoms with Crippen LogP contribution in [0.4, 0.5) is 0 Å². The van der Waals surface area contributed by atoms with Crippen LogP contribution in [0.5, 0.6) is 0 Å². The standard InChI is InChI=1S/C10H13N5O3S/c11-5-4(1-16)18-10(7(5)17)15-3-14-6-8(15)12-2-13-9(6)19/h2-5,7,10,16-17H,1,11H2,(H,12,13,19)/t4-,5-,7-,10-/m1/s1. The van der Waals surface area contributed by atoms with Crippen molar-refractivity contribution in [1.29, 1.82) is 0 Å². The summed E-state index contributed by atoms with van der Waals surface area (Å²) in [4.78, 5) is 11.0. The molecule has 2 aromatic heterocycles. The Morgan fingerprint density at radius 3 is 3.00 bits per heavy atom. The van der Waals surface area contributed by atoms with Gasteiger partial charge in [-0.25, -0.2) is 9.97 Å². The second-order valence-electron chi connectivity index (χ2n) is 4.37. The first-order valence-electron chi connectivity index (χ1n) is 5.73. The molecule has 102 valence electrons. The fourth-order valence-electron chi connectivity index (χ4n) is 2.22. The third kappa shape index (κ3) is 1.86. The molecule has 3 rings (SSSR count). The van der Waals surface area contributed by atoms with Crippen LogP contribution in [-0.4, -0.2) is 54.6 Å². The number of aliphatic hydroxyl groups excluding tert-OH is 2. The molecule has 0 amide bonds. The zero-order chi connectivity index (χ0) is 13.6. The van der Waals surface area contributed by atoms with Crippen LogP contribution in [-0.2, 0) is 4.74 Å². The lowest BCUT2D eigenvalue weighted by Gasteiger charge is -2.16. The average Bonchev–Trinajstić information content (AvgIpc) is 2.94. The van der Waals surface area contributed by atoms with Crippen molar-refractivity contribution < 1.29 is 14.9 Å². The van der Waals surface area contributed by atoms with Crippen LogP contribution in [0.2, 0.25) is 0 Å². The van der Waals surface area contributed by atoms with E-state index in [-0.39, 0.29) is 6.61 Å². The lowest BCUT2D eigenvalue weighted by molar-refractivity contribution is -0.0488. The van der Waals surface area contributed by atoms with E-state index < -0.39 is 24.5 Å². The number of aromatic amines is 1. The predicted octanol–water partition coefficient (Wildman–Crippen LogP) is -0.933. The van der Waals surface area contributed by atoms with Gasteiger partial charge in [0, 0.05) is 0 Å². The third-order valence-corrected chi connectivity index (χ3v) is 3.56. The minimum Gasteiger partial charge on any atom is -0.394 e. The summed E-state index contributed by atoms with van der Waals surface area (Å²) >= 11 is 5.07. The molecular weight excluding hydrogens is 270 g/mol. The molecule has 19 heavy (non-hydrogen) atoms. The number of hydrogen-bond donors (Lipinski definition) is 4. The lowest BCUT2D eigenvalue weighted by atomic mass is 10.1. The van der Waals surface area contributed by atoms with Crippen LogP contribution in [0, 0.1) is 4.64 Å². The van der Waals surface area contributed by atoms with E-state index in [0.717, 1.165) is 0 Å². The molecule has 8 nitrogen and oxygen atoms in total. The summed E-state index contributed by atoms with van der Waals surface area (Å²) in [7, 11) is 0. The molecule has 0 aliphatic carbocycles. The van der Waals surface area contributed by atoms with Crippen molar-refractivity contribution in [2.24, 2.45) is 5.73 Å². The van der Waals surface area contributed by atoms with Crippen LogP contribution < -0.4 is 5.73 Å². The molecule has 9 heteroatoms. The highest BCUT2D eigenvalue weighted by molar-refractivity contribution is 7.71. The zero-order valence-corrected chi connectivity index (χ0v) is 10.6. The normalized spacial score (nSPS) is 31.1. The van der Waals surface area contributed by atoms with Crippen molar-refractivity contribution in [3.05, 3.63) is 17.3 Å². The summed E-state index contributed by atoms with van der Waals surface area (Å²) < 4.78 is 7.52. The van der Waals surface area contributed by atoms with Gasteiger partial charge < -0.3 is 25.7 Å². The van der Waals surface area contributed by atoms with Gasteiger partial charge in [0.25, 0.3) is 0 Å². The molecule has 5 N–H and O–H groups in total. The number of nitrogens with zero attached hydrogens (tertiary/aromatic N) is 3. The Hall–Kier alpha value is -1.39. The number of ether oxygens (including phenoxy) is 1. The van der Waals surface area contributed by atoms with E-state index in [0.29, 0.717) is 15.8 Å². The van der Waals surface area contributed by atoms with Crippen molar-refractivity contribution in [3.63, 3.8) is 0 Å². The van der Waals surface area contributed by atoms with Gasteiger partial charge in [0.1, 0.15) is 23.4 Å². The molecule has 0 radical (unpaired) electrons. The Morgan fingerprint density at radius 2 is 2.32 bits per heavy atom. The van der Waals surface area contributed by atoms with Crippen molar-refractivity contribution in [1.82, 2.24) is 19.5 Å². The minimum absolute atomic E-state index is 0.251. The second kappa shape index (κ2) is 4.62. The van der Waals surface area contributed by atoms with Crippen molar-refractivity contribution >= 4 is 23.4 Å². The first-order valence-corrected chi connectivity index (χ1v) is 6.14. The zero-order valence-electron chi connectivity index (χ0n) is 9.80. The summed E-state index contributed by atoms with van der Waals surface area (Å²) in [5.41, 5.74) is 6.91. The smallest absolute Gasteiger partial charge is 0.164 e. The number of H-pyrrole nitrogens is 1. The van der Waals surface area contributed by atoms with Gasteiger partial charge in [-0.05, 0) is 0 Å². The summed E-state index contributed by atoms with van der Waals surface area (Å²) in [6.07, 6.45) is 0.685. The van der Waals surface area contributed by atoms with Crippen LogP contribution in [0.25, 0.3) is 11.2 Å². The van der Waals surface area contributed by atoms with Gasteiger partial charge >= 0.3 is 0 Å². The van der Waals surface area contributed by atoms with Gasteiger partial charge in [0.2, 0.25) is 0 Å². The first-order chi connectivity index (χ1) is 9.13. The van der Waals surface area contributed by atoms with Crippen molar-refractivity contribution in [2.45, 2.75) is 24.5 Å². The topological polar surface area (TPSA) is 122 Å². The quantitative estimate of drug-likeness (QED) is 0.525. The van der Waals surface area contributed by atoms with Gasteiger partial charge in [0.05, 0.1) is 25.3 Å². The van der Waals surface area contributed by atoms with Gasteiger partial charge in [0.15, 0.2) is 10.9 Å². The maximum absolute atomic E-state index is 10.1. The highest BCUT2D eigenvalue weighted by atomic mass is 32.1. The molecule has 0 saturated carbocycles. The molecular formula is C10H13N5O3S. The Balaban J connectivity index is 2.06. The van der Waals surface area contributed by atoms with E-state index in [1.165, 1.54) is 12.7 Å². The molecule has 3 heterocycles. The maximum Gasteiger partial charge on any atom is 0.164 e. The predicted molar refractivity (Wildman–Crippen MR) is 67.7 cm³/mol. The fraction of sp³-hybridized carbons (Fsp3) is 0.500. The van der Waals surface area contributed by atoms with Crippen molar-refractivity contribution in [2.75, 3.05) is 6.61 Å². The SMILES string of the molecule is N[C@H]1[C@@H](O)[C@H](n2cnc3c(=S)nc[nH]c32)O[C@@H]1CO. The number of imidazole rings is 1. The van der Waals surface area contributed by atoms with Gasteiger partial charge in [-0.1, -0.05) is 12.2 Å². The number of aromatic nitrogens is 4. The highest BCUT2D eigenvalue weighted by Crippen LogP contribution is 2.30. The Bertz CT molecular complexity index is 656. The number of hydrogen-bond acceptors (Lipinski definition) is 7. The first kappa shape index (κ1) is 12.6. The molecule has 0 unspecified atom stereocenters. The Kier molecular flexibility index (Phi) is 3.07. The molecule has 0 aromatic carbocycles. The van der Waals surface area contributed by atoms with Crippen molar-refractivity contribution in [3.8, 4) is 0 Å². The maximum atomic E-state index is 10.1. The Labute approximate surface area is 112 Å².